The maximum Gasteiger partial charge on any atom is 0.232 e. The summed E-state index contributed by atoms with van der Waals surface area (Å²) in [5, 5.41) is 10.0. The van der Waals surface area contributed by atoms with E-state index in [9.17, 15) is 14.0 Å². The molecule has 7 heteroatoms. The summed E-state index contributed by atoms with van der Waals surface area (Å²) in [5.74, 6) is -1.56. The third-order valence-electron chi connectivity index (χ3n) is 5.49. The fourth-order valence-electron chi connectivity index (χ4n) is 4.08. The molecule has 2 aromatic rings. The second-order valence-corrected chi connectivity index (χ2v) is 7.31. The highest BCUT2D eigenvalue weighted by molar-refractivity contribution is 6.04. The van der Waals surface area contributed by atoms with Crippen LogP contribution in [0.2, 0.25) is 0 Å². The van der Waals surface area contributed by atoms with Crippen LogP contribution in [-0.4, -0.2) is 21.6 Å². The number of hydrogen-bond acceptors (Lipinski definition) is 3. The topological polar surface area (TPSA) is 76.0 Å². The number of aromatic nitrogens is 2. The number of halogens is 1. The predicted octanol–water partition coefficient (Wildman–Crippen LogP) is 3.27. The van der Waals surface area contributed by atoms with E-state index < -0.39 is 11.7 Å². The molecule has 4 rings (SSSR count). The minimum Gasteiger partial charge on any atom is -0.350 e. The van der Waals surface area contributed by atoms with Gasteiger partial charge in [-0.1, -0.05) is 19.3 Å². The molecule has 0 spiro atoms. The molecule has 142 valence electrons. The first-order valence-electron chi connectivity index (χ1n) is 9.51. The summed E-state index contributed by atoms with van der Waals surface area (Å²) in [5.41, 5.74) is 2.09. The van der Waals surface area contributed by atoms with Crippen LogP contribution in [0.15, 0.2) is 30.5 Å². The molecule has 1 atom stereocenters. The maximum absolute atomic E-state index is 13.5. The number of carbonyl (C=O) groups excluding carboxylic acids is 2. The van der Waals surface area contributed by atoms with Crippen LogP contribution in [0.25, 0.3) is 0 Å². The largest absolute Gasteiger partial charge is 0.350 e. The van der Waals surface area contributed by atoms with E-state index in [0.29, 0.717) is 23.8 Å². The number of anilines is 1. The van der Waals surface area contributed by atoms with Crippen molar-refractivity contribution < 1.29 is 14.0 Å². The number of nitrogens with zero attached hydrogens (tertiary/aromatic N) is 2. The molecule has 27 heavy (non-hydrogen) atoms. The highest BCUT2D eigenvalue weighted by Gasteiger charge is 2.32. The summed E-state index contributed by atoms with van der Waals surface area (Å²) >= 11 is 0. The summed E-state index contributed by atoms with van der Waals surface area (Å²) in [7, 11) is 0. The van der Waals surface area contributed by atoms with E-state index in [-0.39, 0.29) is 18.2 Å². The Morgan fingerprint density at radius 2 is 2.07 bits per heavy atom. The van der Waals surface area contributed by atoms with E-state index in [1.807, 2.05) is 10.7 Å². The second kappa shape index (κ2) is 7.50. The van der Waals surface area contributed by atoms with Crippen LogP contribution in [0.5, 0.6) is 0 Å². The number of fused-ring (bicyclic) bond motifs is 1. The molecule has 1 aromatic heterocycles. The average molecular weight is 370 g/mol. The molecule has 2 N–H and O–H groups in total. The standard InChI is InChI=1S/C20H23FN4O2/c21-13-6-7-18-16(10-13)17(20(27)24-18)11-19(26)22-12-15-8-9-23-25(15)14-4-2-1-3-5-14/h6-10,14,17H,1-5,11-12H2,(H,22,26)(H,24,27). The zero-order chi connectivity index (χ0) is 18.8. The van der Waals surface area contributed by atoms with Crippen molar-refractivity contribution in [3.8, 4) is 0 Å². The molecule has 2 heterocycles. The van der Waals surface area contributed by atoms with Gasteiger partial charge in [-0.2, -0.15) is 5.10 Å². The first-order chi connectivity index (χ1) is 13.1. The van der Waals surface area contributed by atoms with Gasteiger partial charge >= 0.3 is 0 Å². The molecule has 1 aromatic carbocycles. The number of carbonyl (C=O) groups is 2. The van der Waals surface area contributed by atoms with Crippen molar-refractivity contribution in [1.82, 2.24) is 15.1 Å². The van der Waals surface area contributed by atoms with E-state index in [2.05, 4.69) is 15.7 Å². The van der Waals surface area contributed by atoms with Crippen molar-refractivity contribution in [3.63, 3.8) is 0 Å². The van der Waals surface area contributed by atoms with Crippen LogP contribution in [-0.2, 0) is 16.1 Å². The van der Waals surface area contributed by atoms with E-state index >= 15 is 0 Å². The Kier molecular flexibility index (Phi) is 4.92. The predicted molar refractivity (Wildman–Crippen MR) is 98.6 cm³/mol. The van der Waals surface area contributed by atoms with Crippen molar-refractivity contribution in [2.45, 2.75) is 57.0 Å². The summed E-state index contributed by atoms with van der Waals surface area (Å²) in [6.07, 6.45) is 7.70. The van der Waals surface area contributed by atoms with Gasteiger partial charge in [0.2, 0.25) is 11.8 Å². The molecule has 1 unspecified atom stereocenters. The summed E-state index contributed by atoms with van der Waals surface area (Å²) in [6.45, 7) is 0.375. The van der Waals surface area contributed by atoms with Crippen LogP contribution in [0.4, 0.5) is 10.1 Å². The van der Waals surface area contributed by atoms with Gasteiger partial charge in [-0.25, -0.2) is 4.39 Å². The lowest BCUT2D eigenvalue weighted by Gasteiger charge is -2.24. The molecular weight excluding hydrogens is 347 g/mol. The Hall–Kier alpha value is -2.70. The number of rotatable bonds is 5. The smallest absolute Gasteiger partial charge is 0.232 e. The van der Waals surface area contributed by atoms with E-state index in [0.717, 1.165) is 18.5 Å². The van der Waals surface area contributed by atoms with Gasteiger partial charge in [-0.05, 0) is 42.7 Å². The van der Waals surface area contributed by atoms with E-state index in [1.165, 1.54) is 37.5 Å². The quantitative estimate of drug-likeness (QED) is 0.848. The van der Waals surface area contributed by atoms with E-state index in [1.54, 1.807) is 6.20 Å². The number of amides is 2. The van der Waals surface area contributed by atoms with Gasteiger partial charge in [0, 0.05) is 18.3 Å². The monoisotopic (exact) mass is 370 g/mol. The third-order valence-corrected chi connectivity index (χ3v) is 5.49. The zero-order valence-electron chi connectivity index (χ0n) is 15.1. The molecule has 0 bridgehead atoms. The van der Waals surface area contributed by atoms with Crippen LogP contribution in [0.1, 0.15) is 61.7 Å². The Bertz CT molecular complexity index is 857. The Balaban J connectivity index is 1.38. The third kappa shape index (κ3) is 3.72. The summed E-state index contributed by atoms with van der Waals surface area (Å²) in [4.78, 5) is 24.6. The molecule has 2 amide bonds. The molecule has 2 aliphatic rings. The van der Waals surface area contributed by atoms with Crippen molar-refractivity contribution >= 4 is 17.5 Å². The first-order valence-corrected chi connectivity index (χ1v) is 9.51. The maximum atomic E-state index is 13.5. The van der Waals surface area contributed by atoms with Crippen molar-refractivity contribution in [2.24, 2.45) is 0 Å². The van der Waals surface area contributed by atoms with Crippen LogP contribution in [0.3, 0.4) is 0 Å². The van der Waals surface area contributed by atoms with Gasteiger partial charge in [0.05, 0.1) is 24.2 Å². The molecule has 1 fully saturated rings. The number of nitrogens with one attached hydrogen (secondary N) is 2. The molecule has 0 saturated heterocycles. The van der Waals surface area contributed by atoms with Crippen LogP contribution in [0, 0.1) is 5.82 Å². The van der Waals surface area contributed by atoms with E-state index in [4.69, 9.17) is 0 Å². The number of hydrogen-bond donors (Lipinski definition) is 2. The molecule has 1 saturated carbocycles. The summed E-state index contributed by atoms with van der Waals surface area (Å²) < 4.78 is 15.5. The van der Waals surface area contributed by atoms with Crippen LogP contribution < -0.4 is 10.6 Å². The highest BCUT2D eigenvalue weighted by Crippen LogP contribution is 2.35. The van der Waals surface area contributed by atoms with Crippen molar-refractivity contribution in [1.29, 1.82) is 0 Å². The van der Waals surface area contributed by atoms with Gasteiger partial charge in [0.1, 0.15) is 5.82 Å². The molecule has 1 aliphatic carbocycles. The van der Waals surface area contributed by atoms with Crippen LogP contribution >= 0.6 is 0 Å². The van der Waals surface area contributed by atoms with Gasteiger partial charge in [-0.3, -0.25) is 14.3 Å². The Labute approximate surface area is 157 Å². The number of benzene rings is 1. The zero-order valence-corrected chi connectivity index (χ0v) is 15.1. The first kappa shape index (κ1) is 17.7. The lowest BCUT2D eigenvalue weighted by atomic mass is 9.95. The normalized spacial score (nSPS) is 19.6. The van der Waals surface area contributed by atoms with Crippen molar-refractivity contribution in [2.75, 3.05) is 5.32 Å². The molecular formula is C20H23FN4O2. The van der Waals surface area contributed by atoms with Gasteiger partial charge in [-0.15, -0.1) is 0 Å². The van der Waals surface area contributed by atoms with Crippen molar-refractivity contribution in [3.05, 3.63) is 47.5 Å². The minimum absolute atomic E-state index is 0.000146. The van der Waals surface area contributed by atoms with Gasteiger partial charge in [0.25, 0.3) is 0 Å². The lowest BCUT2D eigenvalue weighted by Crippen LogP contribution is -2.28. The van der Waals surface area contributed by atoms with Gasteiger partial charge < -0.3 is 10.6 Å². The van der Waals surface area contributed by atoms with Gasteiger partial charge in [0.15, 0.2) is 0 Å². The minimum atomic E-state index is -0.654. The molecule has 0 radical (unpaired) electrons. The summed E-state index contributed by atoms with van der Waals surface area (Å²) in [6, 6.07) is 6.47. The lowest BCUT2D eigenvalue weighted by molar-refractivity contribution is -0.125. The average Bonchev–Trinajstić information content (AvgIpc) is 3.26. The molecule has 1 aliphatic heterocycles. The highest BCUT2D eigenvalue weighted by atomic mass is 19.1. The Morgan fingerprint density at radius 3 is 2.89 bits per heavy atom. The fraction of sp³-hybridized carbons (Fsp3) is 0.450. The Morgan fingerprint density at radius 1 is 1.26 bits per heavy atom. The fourth-order valence-corrected chi connectivity index (χ4v) is 4.08. The second-order valence-electron chi connectivity index (χ2n) is 7.31. The molecule has 6 nitrogen and oxygen atoms in total. The SMILES string of the molecule is O=C(CC1C(=O)Nc2ccc(F)cc21)NCc1ccnn1C1CCCCC1.